The van der Waals surface area contributed by atoms with Gasteiger partial charge in [-0.1, -0.05) is 63.2 Å². The van der Waals surface area contributed by atoms with Gasteiger partial charge in [0.15, 0.2) is 0 Å². The van der Waals surface area contributed by atoms with E-state index in [0.717, 1.165) is 13.1 Å². The zero-order chi connectivity index (χ0) is 16.4. The van der Waals surface area contributed by atoms with Gasteiger partial charge in [-0.25, -0.2) is 0 Å². The summed E-state index contributed by atoms with van der Waals surface area (Å²) in [7, 11) is 2.20. The van der Waals surface area contributed by atoms with E-state index in [4.69, 9.17) is 0 Å². The molecular weight excluding hydrogens is 298 g/mol. The van der Waals surface area contributed by atoms with Crippen molar-refractivity contribution in [3.63, 3.8) is 0 Å². The van der Waals surface area contributed by atoms with Crippen LogP contribution in [0.15, 0.2) is 54.6 Å². The molecule has 1 aromatic heterocycles. The van der Waals surface area contributed by atoms with E-state index in [1.165, 1.54) is 26.1 Å². The second-order valence-corrected chi connectivity index (χ2v) is 8.54. The zero-order valence-electron chi connectivity index (χ0n) is 14.5. The van der Waals surface area contributed by atoms with Crippen molar-refractivity contribution in [2.75, 3.05) is 7.05 Å². The molecule has 0 N–H and O–H groups in total. The standard InChI is InChI=1S/C21H25NS/c1-21(2,3)18-11-9-16(10-12-18)14-22(4)15-19-13-17-7-5-6-8-20(17)23-19/h5-13H,14-15H2,1-4H3. The lowest BCUT2D eigenvalue weighted by Crippen LogP contribution is -2.17. The predicted molar refractivity (Wildman–Crippen MR) is 102 cm³/mol. The summed E-state index contributed by atoms with van der Waals surface area (Å²) in [6.45, 7) is 8.76. The van der Waals surface area contributed by atoms with Crippen LogP contribution in [0.5, 0.6) is 0 Å². The molecular formula is C21H25NS. The largest absolute Gasteiger partial charge is 0.297 e. The Hall–Kier alpha value is -1.64. The molecule has 0 radical (unpaired) electrons. The molecule has 120 valence electrons. The molecule has 3 rings (SSSR count). The molecule has 1 nitrogen and oxygen atoms in total. The molecule has 0 atom stereocenters. The molecule has 0 unspecified atom stereocenters. The molecule has 0 aliphatic heterocycles. The summed E-state index contributed by atoms with van der Waals surface area (Å²) in [4.78, 5) is 3.82. The fraction of sp³-hybridized carbons (Fsp3) is 0.333. The Kier molecular flexibility index (Phi) is 4.56. The lowest BCUT2D eigenvalue weighted by molar-refractivity contribution is 0.322. The maximum absolute atomic E-state index is 2.39. The van der Waals surface area contributed by atoms with Gasteiger partial charge >= 0.3 is 0 Å². The maximum atomic E-state index is 2.39. The third-order valence-corrected chi connectivity index (χ3v) is 5.28. The highest BCUT2D eigenvalue weighted by molar-refractivity contribution is 7.19. The van der Waals surface area contributed by atoms with Crippen molar-refractivity contribution in [2.45, 2.75) is 39.3 Å². The smallest absolute Gasteiger partial charge is 0.0346 e. The van der Waals surface area contributed by atoms with Crippen LogP contribution < -0.4 is 0 Å². The highest BCUT2D eigenvalue weighted by Gasteiger charge is 2.13. The first-order valence-corrected chi connectivity index (χ1v) is 8.99. The SMILES string of the molecule is CN(Cc1ccc(C(C)(C)C)cc1)Cc1cc2ccccc2s1. The number of rotatable bonds is 4. The van der Waals surface area contributed by atoms with Crippen LogP contribution in [0, 0.1) is 0 Å². The fourth-order valence-corrected chi connectivity index (χ4v) is 4.00. The van der Waals surface area contributed by atoms with E-state index >= 15 is 0 Å². The number of nitrogens with zero attached hydrogens (tertiary/aromatic N) is 1. The van der Waals surface area contributed by atoms with Gasteiger partial charge in [-0.2, -0.15) is 0 Å². The molecule has 2 aromatic carbocycles. The Balaban J connectivity index is 1.65. The summed E-state index contributed by atoms with van der Waals surface area (Å²) in [6, 6.07) is 20.0. The second kappa shape index (κ2) is 6.46. The molecule has 3 aromatic rings. The molecule has 23 heavy (non-hydrogen) atoms. The maximum Gasteiger partial charge on any atom is 0.0346 e. The average Bonchev–Trinajstić information content (AvgIpc) is 2.88. The van der Waals surface area contributed by atoms with E-state index in [0.29, 0.717) is 0 Å². The van der Waals surface area contributed by atoms with E-state index in [-0.39, 0.29) is 5.41 Å². The van der Waals surface area contributed by atoms with Gasteiger partial charge in [0.05, 0.1) is 0 Å². The van der Waals surface area contributed by atoms with E-state index < -0.39 is 0 Å². The molecule has 0 aliphatic carbocycles. The van der Waals surface area contributed by atoms with Crippen molar-refractivity contribution in [1.82, 2.24) is 4.90 Å². The van der Waals surface area contributed by atoms with Crippen LogP contribution in [-0.4, -0.2) is 11.9 Å². The number of hydrogen-bond donors (Lipinski definition) is 0. The highest BCUT2D eigenvalue weighted by Crippen LogP contribution is 2.27. The summed E-state index contributed by atoms with van der Waals surface area (Å²) in [5, 5.41) is 1.36. The van der Waals surface area contributed by atoms with Crippen LogP contribution in [0.2, 0.25) is 0 Å². The minimum atomic E-state index is 0.224. The van der Waals surface area contributed by atoms with Crippen molar-refractivity contribution in [1.29, 1.82) is 0 Å². The number of thiophene rings is 1. The van der Waals surface area contributed by atoms with Gasteiger partial charge in [-0.15, -0.1) is 11.3 Å². The Labute approximate surface area is 143 Å². The van der Waals surface area contributed by atoms with Gasteiger partial charge in [0.1, 0.15) is 0 Å². The van der Waals surface area contributed by atoms with E-state index in [9.17, 15) is 0 Å². The van der Waals surface area contributed by atoms with E-state index in [1.807, 2.05) is 11.3 Å². The Morgan fingerprint density at radius 2 is 1.61 bits per heavy atom. The molecule has 1 heterocycles. The first kappa shape index (κ1) is 16.2. The van der Waals surface area contributed by atoms with Crippen molar-refractivity contribution < 1.29 is 0 Å². The van der Waals surface area contributed by atoms with Crippen molar-refractivity contribution >= 4 is 21.4 Å². The van der Waals surface area contributed by atoms with Crippen LogP contribution >= 0.6 is 11.3 Å². The minimum absolute atomic E-state index is 0.224. The molecule has 2 heteroatoms. The van der Waals surface area contributed by atoms with E-state index in [2.05, 4.69) is 87.3 Å². The molecule has 0 saturated heterocycles. The molecule has 0 saturated carbocycles. The van der Waals surface area contributed by atoms with Crippen molar-refractivity contribution in [3.05, 3.63) is 70.6 Å². The number of hydrogen-bond acceptors (Lipinski definition) is 2. The summed E-state index contributed by atoms with van der Waals surface area (Å²) in [5.41, 5.74) is 3.00. The normalized spacial score (nSPS) is 12.2. The van der Waals surface area contributed by atoms with E-state index in [1.54, 1.807) is 0 Å². The lowest BCUT2D eigenvalue weighted by Gasteiger charge is -2.20. The summed E-state index contributed by atoms with van der Waals surface area (Å²) >= 11 is 1.90. The molecule has 0 aliphatic rings. The van der Waals surface area contributed by atoms with Crippen LogP contribution in [0.25, 0.3) is 10.1 Å². The molecule has 0 amide bonds. The van der Waals surface area contributed by atoms with Crippen LogP contribution in [0.4, 0.5) is 0 Å². The number of benzene rings is 2. The van der Waals surface area contributed by atoms with Gasteiger partial charge in [0, 0.05) is 22.7 Å². The van der Waals surface area contributed by atoms with Crippen LogP contribution in [-0.2, 0) is 18.5 Å². The van der Waals surface area contributed by atoms with Gasteiger partial charge < -0.3 is 0 Å². The number of fused-ring (bicyclic) bond motifs is 1. The predicted octanol–water partition coefficient (Wildman–Crippen LogP) is 5.83. The summed E-state index contributed by atoms with van der Waals surface area (Å²) in [5.74, 6) is 0. The topological polar surface area (TPSA) is 3.24 Å². The fourth-order valence-electron chi connectivity index (χ4n) is 2.86. The summed E-state index contributed by atoms with van der Waals surface area (Å²) < 4.78 is 1.38. The van der Waals surface area contributed by atoms with Crippen molar-refractivity contribution in [3.8, 4) is 0 Å². The second-order valence-electron chi connectivity index (χ2n) is 7.37. The van der Waals surface area contributed by atoms with Crippen molar-refractivity contribution in [2.24, 2.45) is 0 Å². The zero-order valence-corrected chi connectivity index (χ0v) is 15.3. The Bertz CT molecular complexity index is 744. The first-order valence-electron chi connectivity index (χ1n) is 8.17. The lowest BCUT2D eigenvalue weighted by atomic mass is 9.87. The Morgan fingerprint density at radius 1 is 0.913 bits per heavy atom. The van der Waals surface area contributed by atoms with Gasteiger partial charge in [0.25, 0.3) is 0 Å². The molecule has 0 spiro atoms. The molecule has 0 fully saturated rings. The quantitative estimate of drug-likeness (QED) is 0.584. The first-order chi connectivity index (χ1) is 10.9. The molecule has 0 bridgehead atoms. The van der Waals surface area contributed by atoms with Gasteiger partial charge in [-0.05, 0) is 41.1 Å². The average molecular weight is 324 g/mol. The minimum Gasteiger partial charge on any atom is -0.297 e. The van der Waals surface area contributed by atoms with Crippen LogP contribution in [0.3, 0.4) is 0 Å². The third kappa shape index (κ3) is 4.01. The third-order valence-electron chi connectivity index (χ3n) is 4.17. The Morgan fingerprint density at radius 3 is 2.26 bits per heavy atom. The summed E-state index contributed by atoms with van der Waals surface area (Å²) in [6.07, 6.45) is 0. The van der Waals surface area contributed by atoms with Gasteiger partial charge in [0.2, 0.25) is 0 Å². The van der Waals surface area contributed by atoms with Gasteiger partial charge in [-0.3, -0.25) is 4.90 Å². The highest BCUT2D eigenvalue weighted by atomic mass is 32.1. The monoisotopic (exact) mass is 323 g/mol. The van der Waals surface area contributed by atoms with Crippen LogP contribution in [0.1, 0.15) is 36.8 Å².